The van der Waals surface area contributed by atoms with E-state index in [0.29, 0.717) is 16.2 Å². The fourth-order valence-electron chi connectivity index (χ4n) is 1.35. The van der Waals surface area contributed by atoms with Gasteiger partial charge >= 0.3 is 0 Å². The largest absolute Gasteiger partial charge is 0.711 e. The highest BCUT2D eigenvalue weighted by Crippen LogP contribution is 2.25. The van der Waals surface area contributed by atoms with E-state index < -0.39 is 0 Å². The van der Waals surface area contributed by atoms with E-state index in [1.165, 1.54) is 19.6 Å². The molecule has 1 heterocycles. The first-order chi connectivity index (χ1) is 7.31. The molecule has 0 spiro atoms. The van der Waals surface area contributed by atoms with Crippen LogP contribution in [-0.4, -0.2) is 12.1 Å². The minimum Gasteiger partial charge on any atom is -0.711 e. The molecule has 15 heavy (non-hydrogen) atoms. The topological polar surface area (TPSA) is 49.1 Å². The lowest BCUT2D eigenvalue weighted by atomic mass is 10.1. The third-order valence-corrected chi connectivity index (χ3v) is 2.05. The second-order valence-corrected chi connectivity index (χ2v) is 3.02. The van der Waals surface area contributed by atoms with Crippen molar-refractivity contribution in [3.05, 3.63) is 48.1 Å². The molecule has 2 rings (SSSR count). The van der Waals surface area contributed by atoms with Crippen LogP contribution in [0.4, 0.5) is 0 Å². The predicted octanol–water partition coefficient (Wildman–Crippen LogP) is 1.39. The van der Waals surface area contributed by atoms with Crippen molar-refractivity contribution < 1.29 is 9.47 Å². The van der Waals surface area contributed by atoms with Gasteiger partial charge in [0.15, 0.2) is 0 Å². The van der Waals surface area contributed by atoms with E-state index in [4.69, 9.17) is 4.74 Å². The van der Waals surface area contributed by atoms with Crippen LogP contribution in [-0.2, 0) is 0 Å². The van der Waals surface area contributed by atoms with E-state index in [-0.39, 0.29) is 0 Å². The lowest BCUT2D eigenvalue weighted by molar-refractivity contribution is -0.609. The second-order valence-electron chi connectivity index (χ2n) is 3.02. The molecule has 0 fully saturated rings. The SMILES string of the molecule is COc1c[n+]([O-])cnc1-c1ccccc1. The van der Waals surface area contributed by atoms with Crippen LogP contribution in [0.1, 0.15) is 0 Å². The van der Waals surface area contributed by atoms with Crippen LogP contribution in [0.15, 0.2) is 42.9 Å². The van der Waals surface area contributed by atoms with Gasteiger partial charge in [-0.1, -0.05) is 30.3 Å². The first-order valence-electron chi connectivity index (χ1n) is 4.49. The molecule has 1 aromatic carbocycles. The van der Waals surface area contributed by atoms with Crippen molar-refractivity contribution in [2.75, 3.05) is 7.11 Å². The van der Waals surface area contributed by atoms with Crippen molar-refractivity contribution in [3.8, 4) is 17.0 Å². The van der Waals surface area contributed by atoms with E-state index in [9.17, 15) is 5.21 Å². The summed E-state index contributed by atoms with van der Waals surface area (Å²) in [6.07, 6.45) is 2.57. The minimum absolute atomic E-state index is 0.471. The molecule has 0 amide bonds. The number of benzene rings is 1. The molecule has 0 aliphatic carbocycles. The fourth-order valence-corrected chi connectivity index (χ4v) is 1.35. The van der Waals surface area contributed by atoms with Crippen molar-refractivity contribution in [2.24, 2.45) is 0 Å². The second kappa shape index (κ2) is 3.96. The van der Waals surface area contributed by atoms with Crippen LogP contribution < -0.4 is 9.47 Å². The van der Waals surface area contributed by atoms with E-state index in [1.807, 2.05) is 30.3 Å². The van der Waals surface area contributed by atoms with Gasteiger partial charge in [-0.05, 0) is 4.98 Å². The van der Waals surface area contributed by atoms with Gasteiger partial charge in [0, 0.05) is 5.56 Å². The van der Waals surface area contributed by atoms with Crippen molar-refractivity contribution in [1.82, 2.24) is 4.98 Å². The van der Waals surface area contributed by atoms with Crippen molar-refractivity contribution in [1.29, 1.82) is 0 Å². The maximum absolute atomic E-state index is 11.0. The summed E-state index contributed by atoms with van der Waals surface area (Å²) < 4.78 is 5.71. The van der Waals surface area contributed by atoms with Crippen LogP contribution in [0.25, 0.3) is 11.3 Å². The number of hydrogen-bond acceptors (Lipinski definition) is 3. The van der Waals surface area contributed by atoms with E-state index in [1.54, 1.807) is 0 Å². The Morgan fingerprint density at radius 2 is 2.00 bits per heavy atom. The zero-order valence-corrected chi connectivity index (χ0v) is 8.25. The van der Waals surface area contributed by atoms with Gasteiger partial charge < -0.3 is 9.94 Å². The van der Waals surface area contributed by atoms with Crippen LogP contribution >= 0.6 is 0 Å². The molecular weight excluding hydrogens is 192 g/mol. The number of hydrogen-bond donors (Lipinski definition) is 0. The summed E-state index contributed by atoms with van der Waals surface area (Å²) in [4.78, 5) is 4.04. The van der Waals surface area contributed by atoms with Crippen molar-refractivity contribution in [2.45, 2.75) is 0 Å². The third kappa shape index (κ3) is 1.88. The van der Waals surface area contributed by atoms with Crippen LogP contribution in [0, 0.1) is 5.21 Å². The van der Waals surface area contributed by atoms with E-state index in [2.05, 4.69) is 4.98 Å². The standard InChI is InChI=1S/C11H10N2O2/c1-15-10-7-13(14)8-12-11(10)9-5-3-2-4-6-9/h2-8H,1H3. The van der Waals surface area contributed by atoms with Gasteiger partial charge in [-0.3, -0.25) is 0 Å². The fraction of sp³-hybridized carbons (Fsp3) is 0.0909. The summed E-state index contributed by atoms with van der Waals surface area (Å²) in [7, 11) is 1.52. The van der Waals surface area contributed by atoms with Gasteiger partial charge in [0.25, 0.3) is 6.33 Å². The molecule has 0 saturated carbocycles. The maximum Gasteiger partial charge on any atom is 0.290 e. The van der Waals surface area contributed by atoms with Gasteiger partial charge in [0.05, 0.1) is 7.11 Å². The first-order valence-corrected chi connectivity index (χ1v) is 4.49. The Kier molecular flexibility index (Phi) is 2.49. The molecule has 0 N–H and O–H groups in total. The Hall–Kier alpha value is -2.10. The summed E-state index contributed by atoms with van der Waals surface area (Å²) in [5, 5.41) is 11.0. The zero-order chi connectivity index (χ0) is 10.7. The highest BCUT2D eigenvalue weighted by Gasteiger charge is 2.12. The summed E-state index contributed by atoms with van der Waals surface area (Å²) in [6, 6.07) is 9.58. The molecule has 0 saturated heterocycles. The summed E-state index contributed by atoms with van der Waals surface area (Å²) in [6.45, 7) is 0. The third-order valence-electron chi connectivity index (χ3n) is 2.05. The average molecular weight is 202 g/mol. The molecule has 1 aromatic heterocycles. The zero-order valence-electron chi connectivity index (χ0n) is 8.25. The smallest absolute Gasteiger partial charge is 0.290 e. The average Bonchev–Trinajstić information content (AvgIpc) is 2.30. The van der Waals surface area contributed by atoms with Gasteiger partial charge in [0.1, 0.15) is 6.20 Å². The van der Waals surface area contributed by atoms with Gasteiger partial charge in [0.2, 0.25) is 11.4 Å². The van der Waals surface area contributed by atoms with Crippen molar-refractivity contribution in [3.63, 3.8) is 0 Å². The molecule has 2 aromatic rings. The summed E-state index contributed by atoms with van der Waals surface area (Å²) >= 11 is 0. The first kappa shape index (κ1) is 9.45. The Bertz CT molecular complexity index is 457. The van der Waals surface area contributed by atoms with Gasteiger partial charge in [-0.2, -0.15) is 0 Å². The molecule has 0 aliphatic heterocycles. The normalized spacial score (nSPS) is 9.93. The number of ether oxygens (including phenoxy) is 1. The predicted molar refractivity (Wildman–Crippen MR) is 55.2 cm³/mol. The van der Waals surface area contributed by atoms with Gasteiger partial charge in [-0.15, -0.1) is 0 Å². The molecule has 4 nitrogen and oxygen atoms in total. The molecule has 0 unspecified atom stereocenters. The van der Waals surface area contributed by atoms with Crippen molar-refractivity contribution >= 4 is 0 Å². The highest BCUT2D eigenvalue weighted by molar-refractivity contribution is 5.64. The van der Waals surface area contributed by atoms with E-state index >= 15 is 0 Å². The Morgan fingerprint density at radius 1 is 1.27 bits per heavy atom. The molecule has 4 heteroatoms. The summed E-state index contributed by atoms with van der Waals surface area (Å²) in [5.74, 6) is 0.471. The van der Waals surface area contributed by atoms with Crippen LogP contribution in [0.5, 0.6) is 5.75 Å². The minimum atomic E-state index is 0.471. The molecular formula is C11H10N2O2. The van der Waals surface area contributed by atoms with E-state index in [0.717, 1.165) is 5.56 Å². The molecule has 0 radical (unpaired) electrons. The molecule has 0 atom stereocenters. The molecule has 76 valence electrons. The molecule has 0 aliphatic rings. The van der Waals surface area contributed by atoms with Gasteiger partial charge in [-0.25, -0.2) is 4.73 Å². The quantitative estimate of drug-likeness (QED) is 0.546. The monoisotopic (exact) mass is 202 g/mol. The number of methoxy groups -OCH3 is 1. The molecule has 0 bridgehead atoms. The highest BCUT2D eigenvalue weighted by atomic mass is 16.5. The Balaban J connectivity index is 2.53. The lowest BCUT2D eigenvalue weighted by Crippen LogP contribution is -2.25. The number of nitrogens with zero attached hydrogens (tertiary/aromatic N) is 2. The lowest BCUT2D eigenvalue weighted by Gasteiger charge is -2.05. The number of aromatic nitrogens is 2. The Morgan fingerprint density at radius 3 is 2.67 bits per heavy atom. The number of rotatable bonds is 2. The van der Waals surface area contributed by atoms with Crippen LogP contribution in [0.3, 0.4) is 0 Å². The van der Waals surface area contributed by atoms with Crippen LogP contribution in [0.2, 0.25) is 0 Å². The summed E-state index contributed by atoms with van der Waals surface area (Å²) in [5.41, 5.74) is 1.60. The Labute approximate surface area is 87.4 Å². The maximum atomic E-state index is 11.0.